The second-order valence-corrected chi connectivity index (χ2v) is 4.13. The fourth-order valence-electron chi connectivity index (χ4n) is 0.939. The van der Waals surface area contributed by atoms with Crippen molar-refractivity contribution >= 4 is 28.6 Å². The van der Waals surface area contributed by atoms with Crippen molar-refractivity contribution in [3.63, 3.8) is 0 Å². The lowest BCUT2D eigenvalue weighted by Crippen LogP contribution is -2.13. The van der Waals surface area contributed by atoms with Gasteiger partial charge in [0.25, 0.3) is 0 Å². The highest BCUT2D eigenvalue weighted by Gasteiger charge is 2.14. The highest BCUT2D eigenvalue weighted by atomic mass is 127. The normalized spacial score (nSPS) is 10.4. The van der Waals surface area contributed by atoms with E-state index in [-0.39, 0.29) is 11.7 Å². The Morgan fingerprint density at radius 2 is 2.14 bits per heavy atom. The Morgan fingerprint density at radius 1 is 1.50 bits per heavy atom. The van der Waals surface area contributed by atoms with E-state index in [1.54, 1.807) is 42.5 Å². The standard InChI is InChI=1S/C10H10FIO2/c1-6(2)14-10(13)7-4-3-5-8(11)9(7)12/h3-6H,1-2H3. The minimum atomic E-state index is -0.482. The molecule has 0 heterocycles. The predicted molar refractivity (Wildman–Crippen MR) is 59.7 cm³/mol. The van der Waals surface area contributed by atoms with Crippen molar-refractivity contribution in [1.29, 1.82) is 0 Å². The van der Waals surface area contributed by atoms with Gasteiger partial charge in [-0.1, -0.05) is 6.07 Å². The summed E-state index contributed by atoms with van der Waals surface area (Å²) >= 11 is 1.79. The van der Waals surface area contributed by atoms with Gasteiger partial charge in [-0.3, -0.25) is 0 Å². The number of rotatable bonds is 2. The fourth-order valence-corrected chi connectivity index (χ4v) is 1.52. The zero-order valence-corrected chi connectivity index (χ0v) is 10.0. The lowest BCUT2D eigenvalue weighted by atomic mass is 10.2. The summed E-state index contributed by atoms with van der Waals surface area (Å²) in [6, 6.07) is 4.36. The van der Waals surface area contributed by atoms with Gasteiger partial charge in [0.15, 0.2) is 0 Å². The molecule has 14 heavy (non-hydrogen) atoms. The van der Waals surface area contributed by atoms with E-state index >= 15 is 0 Å². The Kier molecular flexibility index (Phi) is 3.86. The van der Waals surface area contributed by atoms with Crippen molar-refractivity contribution in [1.82, 2.24) is 0 Å². The van der Waals surface area contributed by atoms with Gasteiger partial charge in [-0.25, -0.2) is 9.18 Å². The summed E-state index contributed by atoms with van der Waals surface area (Å²) in [5.74, 6) is -0.882. The van der Waals surface area contributed by atoms with Gasteiger partial charge < -0.3 is 4.74 Å². The molecule has 0 radical (unpaired) electrons. The van der Waals surface area contributed by atoms with Crippen LogP contribution in [0.3, 0.4) is 0 Å². The van der Waals surface area contributed by atoms with E-state index in [0.29, 0.717) is 3.57 Å². The number of ether oxygens (including phenoxy) is 1. The fraction of sp³-hybridized carbons (Fsp3) is 0.300. The zero-order chi connectivity index (χ0) is 10.7. The maximum absolute atomic E-state index is 13.1. The van der Waals surface area contributed by atoms with Crippen molar-refractivity contribution in [2.24, 2.45) is 0 Å². The summed E-state index contributed by atoms with van der Waals surface area (Å²) in [5, 5.41) is 0. The van der Waals surface area contributed by atoms with Crippen LogP contribution in [0.25, 0.3) is 0 Å². The summed E-state index contributed by atoms with van der Waals surface area (Å²) in [5.41, 5.74) is 0.277. The van der Waals surface area contributed by atoms with E-state index in [4.69, 9.17) is 4.74 Å². The zero-order valence-electron chi connectivity index (χ0n) is 7.88. The van der Waals surface area contributed by atoms with E-state index in [1.807, 2.05) is 0 Å². The van der Waals surface area contributed by atoms with Crippen molar-refractivity contribution < 1.29 is 13.9 Å². The topological polar surface area (TPSA) is 26.3 Å². The van der Waals surface area contributed by atoms with Crippen LogP contribution in [0, 0.1) is 9.39 Å². The molecule has 0 aliphatic rings. The first-order valence-electron chi connectivity index (χ1n) is 4.17. The van der Waals surface area contributed by atoms with Gasteiger partial charge in [0.1, 0.15) is 5.82 Å². The number of carbonyl (C=O) groups excluding carboxylic acids is 1. The number of halogens is 2. The number of esters is 1. The maximum atomic E-state index is 13.1. The molecule has 1 rings (SSSR count). The first-order chi connectivity index (χ1) is 6.52. The van der Waals surface area contributed by atoms with Crippen molar-refractivity contribution in [3.05, 3.63) is 33.1 Å². The largest absolute Gasteiger partial charge is 0.459 e. The molecular formula is C10H10FIO2. The van der Waals surface area contributed by atoms with E-state index in [2.05, 4.69) is 0 Å². The first-order valence-corrected chi connectivity index (χ1v) is 5.25. The lowest BCUT2D eigenvalue weighted by Gasteiger charge is -2.09. The van der Waals surface area contributed by atoms with Gasteiger partial charge in [0, 0.05) is 0 Å². The first kappa shape index (κ1) is 11.4. The van der Waals surface area contributed by atoms with Gasteiger partial charge in [-0.15, -0.1) is 0 Å². The number of hydrogen-bond acceptors (Lipinski definition) is 2. The summed E-state index contributed by atoms with van der Waals surface area (Å²) < 4.78 is 18.3. The summed E-state index contributed by atoms with van der Waals surface area (Å²) in [6.45, 7) is 3.51. The lowest BCUT2D eigenvalue weighted by molar-refractivity contribution is 0.0376. The summed E-state index contributed by atoms with van der Waals surface area (Å²) in [4.78, 5) is 11.4. The molecule has 0 aliphatic heterocycles. The van der Waals surface area contributed by atoms with Crippen LogP contribution in [-0.2, 0) is 4.74 Å². The molecule has 0 atom stereocenters. The van der Waals surface area contributed by atoms with Gasteiger partial charge in [0.2, 0.25) is 0 Å². The minimum Gasteiger partial charge on any atom is -0.459 e. The molecular weight excluding hydrogens is 298 g/mol. The highest BCUT2D eigenvalue weighted by molar-refractivity contribution is 14.1. The minimum absolute atomic E-state index is 0.193. The SMILES string of the molecule is CC(C)OC(=O)c1cccc(F)c1I. The second-order valence-electron chi connectivity index (χ2n) is 3.06. The average Bonchev–Trinajstić information content (AvgIpc) is 2.08. The average molecular weight is 308 g/mol. The highest BCUT2D eigenvalue weighted by Crippen LogP contribution is 2.17. The van der Waals surface area contributed by atoms with Crippen LogP contribution >= 0.6 is 22.6 Å². The molecule has 0 saturated heterocycles. The molecule has 1 aromatic carbocycles. The Morgan fingerprint density at radius 3 is 2.71 bits per heavy atom. The summed E-state index contributed by atoms with van der Waals surface area (Å²) in [6.07, 6.45) is -0.193. The monoisotopic (exact) mass is 308 g/mol. The van der Waals surface area contributed by atoms with E-state index in [1.165, 1.54) is 12.1 Å². The Bertz CT molecular complexity index is 350. The maximum Gasteiger partial charge on any atom is 0.339 e. The molecule has 76 valence electrons. The van der Waals surface area contributed by atoms with Crippen molar-refractivity contribution in [2.75, 3.05) is 0 Å². The molecule has 0 N–H and O–H groups in total. The van der Waals surface area contributed by atoms with Crippen LogP contribution in [0.5, 0.6) is 0 Å². The molecule has 0 amide bonds. The van der Waals surface area contributed by atoms with Crippen LogP contribution in [0.15, 0.2) is 18.2 Å². The second kappa shape index (κ2) is 4.72. The molecule has 2 nitrogen and oxygen atoms in total. The Labute approximate surface area is 95.6 Å². The molecule has 0 bridgehead atoms. The van der Waals surface area contributed by atoms with E-state index in [0.717, 1.165) is 0 Å². The Hall–Kier alpha value is -0.650. The van der Waals surface area contributed by atoms with Crippen LogP contribution in [0.4, 0.5) is 4.39 Å². The van der Waals surface area contributed by atoms with Crippen LogP contribution in [0.1, 0.15) is 24.2 Å². The molecule has 0 fully saturated rings. The van der Waals surface area contributed by atoms with Gasteiger partial charge in [-0.2, -0.15) is 0 Å². The van der Waals surface area contributed by atoms with Gasteiger partial charge in [0.05, 0.1) is 15.2 Å². The van der Waals surface area contributed by atoms with Crippen LogP contribution in [0.2, 0.25) is 0 Å². The quantitative estimate of drug-likeness (QED) is 0.620. The summed E-state index contributed by atoms with van der Waals surface area (Å²) in [7, 11) is 0. The number of benzene rings is 1. The smallest absolute Gasteiger partial charge is 0.339 e. The Balaban J connectivity index is 2.96. The third kappa shape index (κ3) is 2.67. The van der Waals surface area contributed by atoms with Crippen LogP contribution in [-0.4, -0.2) is 12.1 Å². The molecule has 0 aromatic heterocycles. The third-order valence-electron chi connectivity index (χ3n) is 1.51. The molecule has 0 saturated carbocycles. The number of hydrogen-bond donors (Lipinski definition) is 0. The van der Waals surface area contributed by atoms with Gasteiger partial charge in [-0.05, 0) is 48.6 Å². The molecule has 0 spiro atoms. The van der Waals surface area contributed by atoms with Crippen molar-refractivity contribution in [3.8, 4) is 0 Å². The van der Waals surface area contributed by atoms with E-state index < -0.39 is 11.8 Å². The predicted octanol–water partition coefficient (Wildman–Crippen LogP) is 3.00. The van der Waals surface area contributed by atoms with Crippen molar-refractivity contribution in [2.45, 2.75) is 20.0 Å². The molecule has 0 aliphatic carbocycles. The molecule has 4 heteroatoms. The van der Waals surface area contributed by atoms with E-state index in [9.17, 15) is 9.18 Å². The molecule has 1 aromatic rings. The number of carbonyl (C=O) groups is 1. The third-order valence-corrected chi connectivity index (χ3v) is 2.61. The van der Waals surface area contributed by atoms with Crippen LogP contribution < -0.4 is 0 Å². The molecule has 0 unspecified atom stereocenters. The van der Waals surface area contributed by atoms with Gasteiger partial charge >= 0.3 is 5.97 Å².